The fraction of sp³-hybridized carbons (Fsp3) is 0.480. The second-order valence-corrected chi connectivity index (χ2v) is 9.35. The minimum Gasteiger partial charge on any atom is -0.465 e. The third-order valence-corrected chi connectivity index (χ3v) is 5.73. The van der Waals surface area contributed by atoms with Crippen molar-refractivity contribution < 1.29 is 28.7 Å². The van der Waals surface area contributed by atoms with Gasteiger partial charge < -0.3 is 24.2 Å². The zero-order chi connectivity index (χ0) is 25.8. The normalized spacial score (nSPS) is 14.0. The van der Waals surface area contributed by atoms with Crippen molar-refractivity contribution in [2.24, 2.45) is 0 Å². The van der Waals surface area contributed by atoms with Crippen LogP contribution in [0.4, 0.5) is 10.5 Å². The predicted molar refractivity (Wildman–Crippen MR) is 130 cm³/mol. The van der Waals surface area contributed by atoms with Gasteiger partial charge in [0, 0.05) is 63.3 Å². The van der Waals surface area contributed by atoms with Gasteiger partial charge in [-0.15, -0.1) is 0 Å². The van der Waals surface area contributed by atoms with Crippen LogP contribution in [-0.2, 0) is 19.1 Å². The van der Waals surface area contributed by atoms with Crippen molar-refractivity contribution in [1.29, 1.82) is 0 Å². The van der Waals surface area contributed by atoms with Gasteiger partial charge >= 0.3 is 12.1 Å². The Labute approximate surface area is 204 Å². The van der Waals surface area contributed by atoms with Gasteiger partial charge in [0.05, 0.1) is 18.2 Å². The van der Waals surface area contributed by atoms with Crippen molar-refractivity contribution in [3.8, 4) is 0 Å². The number of carbonyl (C=O) groups is 4. The van der Waals surface area contributed by atoms with Crippen LogP contribution in [0.1, 0.15) is 44.0 Å². The molecule has 0 bridgehead atoms. The Kier molecular flexibility index (Phi) is 7.93. The summed E-state index contributed by atoms with van der Waals surface area (Å²) in [6.07, 6.45) is 1.25. The number of anilines is 1. The second kappa shape index (κ2) is 10.7. The van der Waals surface area contributed by atoms with E-state index in [1.807, 2.05) is 20.8 Å². The fourth-order valence-electron chi connectivity index (χ4n) is 3.78. The molecule has 3 rings (SSSR count). The summed E-state index contributed by atoms with van der Waals surface area (Å²) in [6, 6.07) is 6.76. The number of pyridine rings is 1. The molecule has 0 atom stereocenters. The molecular weight excluding hydrogens is 452 g/mol. The molecule has 10 heteroatoms. The maximum absolute atomic E-state index is 12.8. The molecule has 1 fully saturated rings. The summed E-state index contributed by atoms with van der Waals surface area (Å²) < 4.78 is 10.2. The van der Waals surface area contributed by atoms with Gasteiger partial charge in [-0.3, -0.25) is 14.6 Å². The molecule has 1 aliphatic heterocycles. The Morgan fingerprint density at radius 1 is 1.00 bits per heavy atom. The van der Waals surface area contributed by atoms with Crippen molar-refractivity contribution in [3.63, 3.8) is 0 Å². The van der Waals surface area contributed by atoms with Crippen LogP contribution in [0.25, 0.3) is 10.9 Å². The molecule has 0 spiro atoms. The number of hydrogen-bond donors (Lipinski definition) is 0. The Morgan fingerprint density at radius 3 is 2.29 bits per heavy atom. The van der Waals surface area contributed by atoms with Crippen molar-refractivity contribution in [1.82, 2.24) is 14.8 Å². The van der Waals surface area contributed by atoms with Crippen molar-refractivity contribution in [2.75, 3.05) is 45.2 Å². The first-order valence-corrected chi connectivity index (χ1v) is 11.5. The lowest BCUT2D eigenvalue weighted by Gasteiger charge is -2.35. The number of aromatic nitrogens is 1. The van der Waals surface area contributed by atoms with Gasteiger partial charge in [0.25, 0.3) is 0 Å². The Balaban J connectivity index is 1.56. The Hall–Kier alpha value is -3.69. The van der Waals surface area contributed by atoms with Crippen LogP contribution in [0.3, 0.4) is 0 Å². The summed E-state index contributed by atoms with van der Waals surface area (Å²) in [5, 5.41) is 0.579. The molecule has 1 aromatic heterocycles. The average Bonchev–Trinajstić information content (AvgIpc) is 2.84. The lowest BCUT2D eigenvalue weighted by atomic mass is 10.1. The molecule has 1 saturated heterocycles. The molecule has 0 aliphatic carbocycles. The quantitative estimate of drug-likeness (QED) is 0.600. The number of esters is 1. The van der Waals surface area contributed by atoms with E-state index in [-0.39, 0.29) is 30.7 Å². The van der Waals surface area contributed by atoms with E-state index in [2.05, 4.69) is 4.98 Å². The van der Waals surface area contributed by atoms with Crippen LogP contribution in [0.2, 0.25) is 0 Å². The first kappa shape index (κ1) is 25.9. The lowest BCUT2D eigenvalue weighted by Crippen LogP contribution is -2.51. The summed E-state index contributed by atoms with van der Waals surface area (Å²) in [6.45, 7) is 7.01. The topological polar surface area (TPSA) is 109 Å². The standard InChI is InChI=1S/C25H32N4O6/c1-25(2,3)35-24(33)29-14-12-28(13-15-29)22(31)9-8-21(30)27(4)17-6-7-20-19(16-17)18(10-11-26-20)23(32)34-5/h6-7,10-11,16H,8-9,12-15H2,1-5H3. The van der Waals surface area contributed by atoms with E-state index in [4.69, 9.17) is 9.47 Å². The number of rotatable bonds is 5. The van der Waals surface area contributed by atoms with Crippen LogP contribution < -0.4 is 4.90 Å². The summed E-state index contributed by atoms with van der Waals surface area (Å²) in [5.41, 5.74) is 0.983. The fourth-order valence-corrected chi connectivity index (χ4v) is 3.78. The Morgan fingerprint density at radius 2 is 1.66 bits per heavy atom. The zero-order valence-electron chi connectivity index (χ0n) is 20.9. The highest BCUT2D eigenvalue weighted by atomic mass is 16.6. The van der Waals surface area contributed by atoms with Gasteiger partial charge in [0.1, 0.15) is 5.60 Å². The average molecular weight is 485 g/mol. The molecule has 2 aromatic rings. The smallest absolute Gasteiger partial charge is 0.410 e. The maximum Gasteiger partial charge on any atom is 0.410 e. The lowest BCUT2D eigenvalue weighted by molar-refractivity contribution is -0.134. The highest BCUT2D eigenvalue weighted by Crippen LogP contribution is 2.24. The van der Waals surface area contributed by atoms with Crippen LogP contribution >= 0.6 is 0 Å². The van der Waals surface area contributed by atoms with E-state index in [0.29, 0.717) is 48.3 Å². The molecule has 0 N–H and O–H groups in total. The number of piperazine rings is 1. The van der Waals surface area contributed by atoms with E-state index >= 15 is 0 Å². The van der Waals surface area contributed by atoms with Crippen molar-refractivity contribution in [2.45, 2.75) is 39.2 Å². The van der Waals surface area contributed by atoms with Gasteiger partial charge in [-0.2, -0.15) is 0 Å². The molecule has 2 heterocycles. The van der Waals surface area contributed by atoms with E-state index in [1.165, 1.54) is 18.2 Å². The minimum absolute atomic E-state index is 0.0382. The van der Waals surface area contributed by atoms with Crippen LogP contribution in [0.5, 0.6) is 0 Å². The summed E-state index contributed by atoms with van der Waals surface area (Å²) in [4.78, 5) is 58.7. The second-order valence-electron chi connectivity index (χ2n) is 9.35. The van der Waals surface area contributed by atoms with Gasteiger partial charge in [-0.05, 0) is 45.0 Å². The summed E-state index contributed by atoms with van der Waals surface area (Å²) in [5.74, 6) is -0.847. The monoisotopic (exact) mass is 484 g/mol. The zero-order valence-corrected chi connectivity index (χ0v) is 20.9. The molecule has 0 unspecified atom stereocenters. The highest BCUT2D eigenvalue weighted by Gasteiger charge is 2.28. The largest absolute Gasteiger partial charge is 0.465 e. The molecule has 10 nitrogen and oxygen atoms in total. The van der Waals surface area contributed by atoms with E-state index in [9.17, 15) is 19.2 Å². The number of nitrogens with zero attached hydrogens (tertiary/aromatic N) is 4. The summed E-state index contributed by atoms with van der Waals surface area (Å²) in [7, 11) is 2.93. The van der Waals surface area contributed by atoms with Gasteiger partial charge in [-0.1, -0.05) is 0 Å². The number of methoxy groups -OCH3 is 1. The van der Waals surface area contributed by atoms with Crippen LogP contribution in [-0.4, -0.2) is 84.6 Å². The third kappa shape index (κ3) is 6.46. The molecule has 3 amide bonds. The van der Waals surface area contributed by atoms with Gasteiger partial charge in [0.15, 0.2) is 0 Å². The first-order valence-electron chi connectivity index (χ1n) is 11.5. The number of fused-ring (bicyclic) bond motifs is 1. The highest BCUT2D eigenvalue weighted by molar-refractivity contribution is 6.05. The molecule has 35 heavy (non-hydrogen) atoms. The summed E-state index contributed by atoms with van der Waals surface area (Å²) >= 11 is 0. The van der Waals surface area contributed by atoms with Gasteiger partial charge in [-0.25, -0.2) is 9.59 Å². The molecule has 1 aliphatic rings. The number of hydrogen-bond acceptors (Lipinski definition) is 7. The van der Waals surface area contributed by atoms with E-state index < -0.39 is 11.6 Å². The third-order valence-electron chi connectivity index (χ3n) is 5.73. The number of amides is 3. The van der Waals surface area contributed by atoms with Crippen molar-refractivity contribution in [3.05, 3.63) is 36.0 Å². The Bertz CT molecular complexity index is 1120. The number of benzene rings is 1. The molecule has 0 radical (unpaired) electrons. The number of carbonyl (C=O) groups excluding carboxylic acids is 4. The minimum atomic E-state index is -0.571. The van der Waals surface area contributed by atoms with Crippen LogP contribution in [0.15, 0.2) is 30.5 Å². The molecular formula is C25H32N4O6. The predicted octanol–water partition coefficient (Wildman–Crippen LogP) is 2.84. The first-order chi connectivity index (χ1) is 16.5. The maximum atomic E-state index is 12.8. The molecule has 188 valence electrons. The van der Waals surface area contributed by atoms with Crippen LogP contribution in [0, 0.1) is 0 Å². The van der Waals surface area contributed by atoms with E-state index in [0.717, 1.165) is 0 Å². The SMILES string of the molecule is COC(=O)c1ccnc2ccc(N(C)C(=O)CCC(=O)N3CCN(C(=O)OC(C)(C)C)CC3)cc12. The number of ether oxygens (including phenoxy) is 2. The van der Waals surface area contributed by atoms with E-state index in [1.54, 1.807) is 41.1 Å². The van der Waals surface area contributed by atoms with Gasteiger partial charge in [0.2, 0.25) is 11.8 Å². The molecule has 1 aromatic carbocycles. The molecule has 0 saturated carbocycles. The van der Waals surface area contributed by atoms with Crippen molar-refractivity contribution >= 4 is 40.5 Å².